The fourth-order valence-electron chi connectivity index (χ4n) is 3.69. The van der Waals surface area contributed by atoms with Crippen LogP contribution >= 0.6 is 35.1 Å². The van der Waals surface area contributed by atoms with Crippen molar-refractivity contribution in [1.29, 1.82) is 0 Å². The van der Waals surface area contributed by atoms with Gasteiger partial charge in [0.1, 0.15) is 11.6 Å². The van der Waals surface area contributed by atoms with E-state index in [0.717, 1.165) is 32.2 Å². The Balaban J connectivity index is 1.41. The molecule has 0 aliphatic rings. The average molecular weight is 566 g/mol. The summed E-state index contributed by atoms with van der Waals surface area (Å²) >= 11 is 8.43. The van der Waals surface area contributed by atoms with Crippen molar-refractivity contribution in [2.45, 2.75) is 14.9 Å². The number of carbonyl (C=O) groups excluding carboxylic acids is 1. The topological polar surface area (TPSA) is 64.0 Å². The molecule has 0 saturated carbocycles. The number of rotatable bonds is 7. The molecule has 10 heteroatoms. The van der Waals surface area contributed by atoms with Gasteiger partial charge in [-0.3, -0.25) is 14.2 Å². The number of anilines is 1. The predicted molar refractivity (Wildman–Crippen MR) is 149 cm³/mol. The predicted octanol–water partition coefficient (Wildman–Crippen LogP) is 7.20. The number of nitrogens with zero attached hydrogens (tertiary/aromatic N) is 2. The first-order valence-electron chi connectivity index (χ1n) is 11.3. The second-order valence-corrected chi connectivity index (χ2v) is 10.5. The summed E-state index contributed by atoms with van der Waals surface area (Å²) in [5, 5.41) is 3.92. The number of fused-ring (bicyclic) bond motifs is 1. The van der Waals surface area contributed by atoms with Gasteiger partial charge in [-0.05, 0) is 60.7 Å². The summed E-state index contributed by atoms with van der Waals surface area (Å²) in [5.74, 6) is -2.12. The number of halogens is 3. The fourth-order valence-corrected chi connectivity index (χ4v) is 5.52. The number of aromatic nitrogens is 2. The molecule has 0 aliphatic carbocycles. The summed E-state index contributed by atoms with van der Waals surface area (Å²) in [6.45, 7) is 0. The number of nitrogens with one attached hydrogen (secondary N) is 1. The number of hydrogen-bond acceptors (Lipinski definition) is 5. The standard InChI is InChI=1S/C28H18ClF2N3O2S2/c29-17-9-12-19(13-10-17)38-25-8-4-3-7-23(25)32-26(35)16-37-28-33-22-6-2-1-5-20(22)27(36)34(28)24-14-11-18(30)15-21(24)31/h1-15H,16H2,(H,32,35). The molecule has 4 aromatic carbocycles. The van der Waals surface area contributed by atoms with E-state index in [1.54, 1.807) is 42.5 Å². The highest BCUT2D eigenvalue weighted by Crippen LogP contribution is 2.34. The number of thioether (sulfide) groups is 1. The molecule has 38 heavy (non-hydrogen) atoms. The monoisotopic (exact) mass is 565 g/mol. The maximum Gasteiger partial charge on any atom is 0.266 e. The van der Waals surface area contributed by atoms with E-state index in [4.69, 9.17) is 11.6 Å². The Hall–Kier alpha value is -3.66. The number of para-hydroxylation sites is 2. The second kappa shape index (κ2) is 11.4. The molecule has 0 spiro atoms. The van der Waals surface area contributed by atoms with Gasteiger partial charge in [0.05, 0.1) is 28.0 Å². The van der Waals surface area contributed by atoms with Crippen LogP contribution in [-0.4, -0.2) is 21.2 Å². The number of amides is 1. The molecule has 0 atom stereocenters. The van der Waals surface area contributed by atoms with Gasteiger partial charge >= 0.3 is 0 Å². The van der Waals surface area contributed by atoms with E-state index in [-0.39, 0.29) is 27.9 Å². The highest BCUT2D eigenvalue weighted by atomic mass is 35.5. The zero-order chi connectivity index (χ0) is 26.6. The lowest BCUT2D eigenvalue weighted by Crippen LogP contribution is -2.23. The number of benzene rings is 4. The third kappa shape index (κ3) is 5.75. The third-order valence-corrected chi connectivity index (χ3v) is 7.70. The minimum Gasteiger partial charge on any atom is -0.324 e. The van der Waals surface area contributed by atoms with Crippen molar-refractivity contribution >= 4 is 57.6 Å². The molecular weight excluding hydrogens is 548 g/mol. The molecule has 190 valence electrons. The zero-order valence-electron chi connectivity index (χ0n) is 19.5. The van der Waals surface area contributed by atoms with Crippen LogP contribution in [0.5, 0.6) is 0 Å². The molecule has 0 radical (unpaired) electrons. The van der Waals surface area contributed by atoms with Crippen LogP contribution in [0.15, 0.2) is 111 Å². The zero-order valence-corrected chi connectivity index (χ0v) is 21.9. The van der Waals surface area contributed by atoms with E-state index in [9.17, 15) is 18.4 Å². The molecule has 0 aliphatic heterocycles. The second-order valence-electron chi connectivity index (χ2n) is 8.04. The first-order chi connectivity index (χ1) is 18.4. The van der Waals surface area contributed by atoms with Gasteiger partial charge in [0.2, 0.25) is 5.91 Å². The maximum absolute atomic E-state index is 14.7. The number of carbonyl (C=O) groups is 1. The summed E-state index contributed by atoms with van der Waals surface area (Å²) in [7, 11) is 0. The van der Waals surface area contributed by atoms with Gasteiger partial charge in [-0.2, -0.15) is 0 Å². The molecule has 1 heterocycles. The van der Waals surface area contributed by atoms with Gasteiger partial charge in [0, 0.05) is 20.9 Å². The van der Waals surface area contributed by atoms with Crippen molar-refractivity contribution in [2.75, 3.05) is 11.1 Å². The van der Waals surface area contributed by atoms with E-state index in [1.807, 2.05) is 30.3 Å². The Bertz CT molecular complexity index is 1710. The van der Waals surface area contributed by atoms with Crippen LogP contribution in [0.25, 0.3) is 16.6 Å². The number of hydrogen-bond donors (Lipinski definition) is 1. The molecule has 5 aromatic rings. The Kier molecular flexibility index (Phi) is 7.78. The van der Waals surface area contributed by atoms with E-state index in [0.29, 0.717) is 22.3 Å². The molecule has 1 aromatic heterocycles. The van der Waals surface area contributed by atoms with Crippen molar-refractivity contribution in [1.82, 2.24) is 9.55 Å². The first kappa shape index (κ1) is 26.0. The van der Waals surface area contributed by atoms with E-state index >= 15 is 0 Å². The summed E-state index contributed by atoms with van der Waals surface area (Å²) < 4.78 is 29.3. The van der Waals surface area contributed by atoms with Crippen LogP contribution in [0.2, 0.25) is 5.02 Å². The van der Waals surface area contributed by atoms with Gasteiger partial charge in [0.25, 0.3) is 5.56 Å². The molecule has 0 saturated heterocycles. The summed E-state index contributed by atoms with van der Waals surface area (Å²) in [5.41, 5.74) is 0.353. The van der Waals surface area contributed by atoms with Crippen LogP contribution < -0.4 is 10.9 Å². The Morgan fingerprint density at radius 1 is 0.947 bits per heavy atom. The van der Waals surface area contributed by atoms with Gasteiger partial charge in [-0.1, -0.05) is 59.4 Å². The van der Waals surface area contributed by atoms with Gasteiger partial charge in [0.15, 0.2) is 5.16 Å². The highest BCUT2D eigenvalue weighted by Gasteiger charge is 2.18. The molecule has 0 unspecified atom stereocenters. The van der Waals surface area contributed by atoms with Crippen molar-refractivity contribution in [3.63, 3.8) is 0 Å². The van der Waals surface area contributed by atoms with Crippen LogP contribution in [0.4, 0.5) is 14.5 Å². The molecule has 1 N–H and O–H groups in total. The normalized spacial score (nSPS) is 11.0. The van der Waals surface area contributed by atoms with Crippen molar-refractivity contribution in [3.8, 4) is 5.69 Å². The van der Waals surface area contributed by atoms with Crippen LogP contribution in [0, 0.1) is 11.6 Å². The van der Waals surface area contributed by atoms with Crippen LogP contribution in [0.3, 0.4) is 0 Å². The van der Waals surface area contributed by atoms with Crippen molar-refractivity contribution in [2.24, 2.45) is 0 Å². The lowest BCUT2D eigenvalue weighted by atomic mass is 10.2. The SMILES string of the molecule is O=C(CSc1nc2ccccc2c(=O)n1-c1ccc(F)cc1F)Nc1ccccc1Sc1ccc(Cl)cc1. The van der Waals surface area contributed by atoms with E-state index < -0.39 is 17.2 Å². The fraction of sp³-hybridized carbons (Fsp3) is 0.0357. The molecule has 5 rings (SSSR count). The molecule has 1 amide bonds. The summed E-state index contributed by atoms with van der Waals surface area (Å²) in [4.78, 5) is 32.5. The van der Waals surface area contributed by atoms with Crippen molar-refractivity contribution < 1.29 is 13.6 Å². The Labute approximate surface area is 229 Å². The minimum absolute atomic E-state index is 0.104. The largest absolute Gasteiger partial charge is 0.324 e. The first-order valence-corrected chi connectivity index (χ1v) is 13.5. The summed E-state index contributed by atoms with van der Waals surface area (Å²) in [6.07, 6.45) is 0. The minimum atomic E-state index is -0.913. The summed E-state index contributed by atoms with van der Waals surface area (Å²) in [6, 6.07) is 24.3. The third-order valence-electron chi connectivity index (χ3n) is 5.43. The smallest absolute Gasteiger partial charge is 0.266 e. The van der Waals surface area contributed by atoms with Gasteiger partial charge in [-0.25, -0.2) is 13.8 Å². The Morgan fingerprint density at radius 2 is 1.68 bits per heavy atom. The molecular formula is C28H18ClF2N3O2S2. The van der Waals surface area contributed by atoms with Crippen LogP contribution in [-0.2, 0) is 4.79 Å². The highest BCUT2D eigenvalue weighted by molar-refractivity contribution is 8.00. The molecule has 0 fully saturated rings. The van der Waals surface area contributed by atoms with E-state index in [1.165, 1.54) is 17.8 Å². The lowest BCUT2D eigenvalue weighted by Gasteiger charge is -2.14. The molecule has 0 bridgehead atoms. The Morgan fingerprint density at radius 3 is 2.47 bits per heavy atom. The average Bonchev–Trinajstić information content (AvgIpc) is 2.91. The quantitative estimate of drug-likeness (QED) is 0.167. The lowest BCUT2D eigenvalue weighted by molar-refractivity contribution is -0.113. The van der Waals surface area contributed by atoms with E-state index in [2.05, 4.69) is 10.3 Å². The maximum atomic E-state index is 14.7. The molecule has 5 nitrogen and oxygen atoms in total. The van der Waals surface area contributed by atoms with Gasteiger partial charge < -0.3 is 5.32 Å². The van der Waals surface area contributed by atoms with Crippen molar-refractivity contribution in [3.05, 3.63) is 118 Å². The van der Waals surface area contributed by atoms with Crippen LogP contribution in [0.1, 0.15) is 0 Å². The van der Waals surface area contributed by atoms with Gasteiger partial charge in [-0.15, -0.1) is 0 Å².